The zero-order valence-electron chi connectivity index (χ0n) is 14.4. The van der Waals surface area contributed by atoms with Gasteiger partial charge in [0.1, 0.15) is 0 Å². The number of rotatable bonds is 3. The fraction of sp³-hybridized carbons (Fsp3) is 0.450. The van der Waals surface area contributed by atoms with Crippen molar-refractivity contribution in [2.24, 2.45) is 0 Å². The molecule has 3 rings (SSSR count). The maximum Gasteiger partial charge on any atom is 0.231 e. The Morgan fingerprint density at radius 3 is 2.61 bits per heavy atom. The normalized spacial score (nSPS) is 14.6. The molecular formula is C20H26N2O. The number of carbonyl (C=O) groups is 1. The summed E-state index contributed by atoms with van der Waals surface area (Å²) in [6.07, 6.45) is 4.23. The Morgan fingerprint density at radius 2 is 1.91 bits per heavy atom. The van der Waals surface area contributed by atoms with E-state index in [4.69, 9.17) is 0 Å². The second-order valence-electron chi connectivity index (χ2n) is 7.43. The molecule has 0 saturated heterocycles. The summed E-state index contributed by atoms with van der Waals surface area (Å²) in [5.41, 5.74) is 5.19. The summed E-state index contributed by atoms with van der Waals surface area (Å²) >= 11 is 0. The van der Waals surface area contributed by atoms with E-state index in [0.717, 1.165) is 25.9 Å². The first-order chi connectivity index (χ1) is 10.9. The molecule has 2 heterocycles. The van der Waals surface area contributed by atoms with Gasteiger partial charge < -0.3 is 5.32 Å². The van der Waals surface area contributed by atoms with Crippen molar-refractivity contribution in [1.29, 1.82) is 0 Å². The minimum Gasteiger partial charge on any atom is -0.312 e. The summed E-state index contributed by atoms with van der Waals surface area (Å²) in [5, 5.41) is 3.34. The van der Waals surface area contributed by atoms with E-state index in [-0.39, 0.29) is 11.3 Å². The number of aromatic nitrogens is 1. The van der Waals surface area contributed by atoms with Gasteiger partial charge in [0.15, 0.2) is 0 Å². The molecule has 3 heteroatoms. The third kappa shape index (κ3) is 3.56. The predicted molar refractivity (Wildman–Crippen MR) is 93.9 cm³/mol. The van der Waals surface area contributed by atoms with Gasteiger partial charge in [-0.15, -0.1) is 0 Å². The number of nitrogens with one attached hydrogen (secondary N) is 1. The third-order valence-electron chi connectivity index (χ3n) is 4.66. The summed E-state index contributed by atoms with van der Waals surface area (Å²) in [6, 6.07) is 10.7. The average Bonchev–Trinajstić information content (AvgIpc) is 2.96. The summed E-state index contributed by atoms with van der Waals surface area (Å²) in [4.78, 5) is 12.5. The molecule has 0 amide bonds. The van der Waals surface area contributed by atoms with Crippen molar-refractivity contribution in [2.45, 2.75) is 52.0 Å². The maximum atomic E-state index is 12.5. The Bertz CT molecular complexity index is 689. The van der Waals surface area contributed by atoms with Gasteiger partial charge in [0, 0.05) is 37.8 Å². The Kier molecular flexibility index (Phi) is 4.40. The van der Waals surface area contributed by atoms with E-state index in [1.807, 2.05) is 10.8 Å². The van der Waals surface area contributed by atoms with Crippen LogP contribution in [0.1, 0.15) is 54.4 Å². The standard InChI is InChI=1S/C20H26N2O/c1-20(2,3)17-7-4-15(5-8-17)6-9-19(23)22-13-11-16-14-21-12-10-18(16)22/h4-5,7-8,11,13,21H,6,9-10,12,14H2,1-3H3. The lowest BCUT2D eigenvalue weighted by molar-refractivity contribution is 0.0899. The fourth-order valence-electron chi connectivity index (χ4n) is 3.15. The van der Waals surface area contributed by atoms with Crippen molar-refractivity contribution in [3.63, 3.8) is 0 Å². The topological polar surface area (TPSA) is 34.0 Å². The van der Waals surface area contributed by atoms with E-state index in [9.17, 15) is 4.79 Å². The van der Waals surface area contributed by atoms with Gasteiger partial charge in [-0.05, 0) is 34.6 Å². The van der Waals surface area contributed by atoms with Crippen LogP contribution in [0, 0.1) is 0 Å². The van der Waals surface area contributed by atoms with Crippen molar-refractivity contribution in [2.75, 3.05) is 6.54 Å². The first kappa shape index (κ1) is 16.0. The van der Waals surface area contributed by atoms with Crippen LogP contribution < -0.4 is 5.32 Å². The van der Waals surface area contributed by atoms with Gasteiger partial charge in [-0.25, -0.2) is 0 Å². The molecule has 0 radical (unpaired) electrons. The molecule has 1 aliphatic heterocycles. The Labute approximate surface area is 138 Å². The molecule has 0 unspecified atom stereocenters. The molecule has 122 valence electrons. The van der Waals surface area contributed by atoms with Gasteiger partial charge >= 0.3 is 0 Å². The highest BCUT2D eigenvalue weighted by Crippen LogP contribution is 2.22. The molecule has 0 aliphatic carbocycles. The molecule has 0 spiro atoms. The molecule has 23 heavy (non-hydrogen) atoms. The van der Waals surface area contributed by atoms with Crippen LogP contribution in [-0.2, 0) is 24.8 Å². The van der Waals surface area contributed by atoms with Crippen molar-refractivity contribution >= 4 is 5.91 Å². The number of nitrogens with zero attached hydrogens (tertiary/aromatic N) is 1. The quantitative estimate of drug-likeness (QED) is 0.938. The summed E-state index contributed by atoms with van der Waals surface area (Å²) in [6.45, 7) is 8.49. The molecule has 1 aromatic heterocycles. The van der Waals surface area contributed by atoms with Crippen LogP contribution in [0.5, 0.6) is 0 Å². The smallest absolute Gasteiger partial charge is 0.231 e. The summed E-state index contributed by atoms with van der Waals surface area (Å²) in [7, 11) is 0. The number of fused-ring (bicyclic) bond motifs is 1. The summed E-state index contributed by atoms with van der Waals surface area (Å²) in [5.74, 6) is 0.202. The highest BCUT2D eigenvalue weighted by molar-refractivity contribution is 5.80. The first-order valence-electron chi connectivity index (χ1n) is 8.47. The van der Waals surface area contributed by atoms with Gasteiger partial charge in [0.2, 0.25) is 5.91 Å². The van der Waals surface area contributed by atoms with Crippen LogP contribution in [0.25, 0.3) is 0 Å². The second kappa shape index (κ2) is 6.32. The largest absolute Gasteiger partial charge is 0.312 e. The van der Waals surface area contributed by atoms with Crippen molar-refractivity contribution in [3.8, 4) is 0 Å². The van der Waals surface area contributed by atoms with Crippen LogP contribution >= 0.6 is 0 Å². The lowest BCUT2D eigenvalue weighted by atomic mass is 9.86. The SMILES string of the molecule is CC(C)(C)c1ccc(CCC(=O)n2ccc3c2CCNC3)cc1. The lowest BCUT2D eigenvalue weighted by Gasteiger charge is -2.19. The maximum absolute atomic E-state index is 12.5. The molecule has 2 aromatic rings. The van der Waals surface area contributed by atoms with Crippen LogP contribution in [0.4, 0.5) is 0 Å². The number of carbonyl (C=O) groups excluding carboxylic acids is 1. The molecule has 1 aromatic carbocycles. The molecular weight excluding hydrogens is 284 g/mol. The highest BCUT2D eigenvalue weighted by atomic mass is 16.2. The Hall–Kier alpha value is -1.87. The van der Waals surface area contributed by atoms with Crippen molar-refractivity contribution in [1.82, 2.24) is 9.88 Å². The minimum atomic E-state index is 0.173. The second-order valence-corrected chi connectivity index (χ2v) is 7.43. The molecule has 0 saturated carbocycles. The monoisotopic (exact) mass is 310 g/mol. The van der Waals surface area contributed by atoms with E-state index in [0.29, 0.717) is 6.42 Å². The van der Waals surface area contributed by atoms with Crippen LogP contribution in [-0.4, -0.2) is 17.0 Å². The number of hydrogen-bond acceptors (Lipinski definition) is 2. The lowest BCUT2D eigenvalue weighted by Crippen LogP contribution is -2.26. The van der Waals surface area contributed by atoms with Crippen molar-refractivity contribution < 1.29 is 4.79 Å². The molecule has 0 bridgehead atoms. The van der Waals surface area contributed by atoms with Gasteiger partial charge in [0.25, 0.3) is 0 Å². The van der Waals surface area contributed by atoms with E-state index in [1.54, 1.807) is 0 Å². The van der Waals surface area contributed by atoms with Gasteiger partial charge in [-0.3, -0.25) is 9.36 Å². The van der Waals surface area contributed by atoms with Gasteiger partial charge in [-0.2, -0.15) is 0 Å². The zero-order chi connectivity index (χ0) is 16.4. The van der Waals surface area contributed by atoms with E-state index in [2.05, 4.69) is 56.4 Å². The molecule has 0 atom stereocenters. The molecule has 3 nitrogen and oxygen atoms in total. The van der Waals surface area contributed by atoms with E-state index >= 15 is 0 Å². The number of aryl methyl sites for hydroxylation is 1. The third-order valence-corrected chi connectivity index (χ3v) is 4.66. The van der Waals surface area contributed by atoms with E-state index in [1.165, 1.54) is 22.4 Å². The average molecular weight is 310 g/mol. The van der Waals surface area contributed by atoms with Crippen LogP contribution in [0.15, 0.2) is 36.5 Å². The molecule has 0 fully saturated rings. The summed E-state index contributed by atoms with van der Waals surface area (Å²) < 4.78 is 1.86. The molecule has 1 aliphatic rings. The molecule has 1 N–H and O–H groups in total. The number of benzene rings is 1. The predicted octanol–water partition coefficient (Wildman–Crippen LogP) is 3.70. The van der Waals surface area contributed by atoms with Crippen LogP contribution in [0.3, 0.4) is 0 Å². The fourth-order valence-corrected chi connectivity index (χ4v) is 3.15. The highest BCUT2D eigenvalue weighted by Gasteiger charge is 2.17. The Morgan fingerprint density at radius 1 is 1.17 bits per heavy atom. The minimum absolute atomic E-state index is 0.173. The van der Waals surface area contributed by atoms with Gasteiger partial charge in [-0.1, -0.05) is 45.0 Å². The zero-order valence-corrected chi connectivity index (χ0v) is 14.4. The number of hydrogen-bond donors (Lipinski definition) is 1. The Balaban J connectivity index is 1.64. The van der Waals surface area contributed by atoms with Crippen LogP contribution in [0.2, 0.25) is 0 Å². The van der Waals surface area contributed by atoms with E-state index < -0.39 is 0 Å². The van der Waals surface area contributed by atoms with Crippen molar-refractivity contribution in [3.05, 3.63) is 58.9 Å². The first-order valence-corrected chi connectivity index (χ1v) is 8.47. The van der Waals surface area contributed by atoms with Gasteiger partial charge in [0.05, 0.1) is 0 Å².